The third kappa shape index (κ3) is 2.32. The Bertz CT molecular complexity index is 1060. The lowest BCUT2D eigenvalue weighted by atomic mass is 9.66. The van der Waals surface area contributed by atoms with E-state index in [9.17, 15) is 0 Å². The van der Waals surface area contributed by atoms with Gasteiger partial charge in [-0.2, -0.15) is 0 Å². The highest BCUT2D eigenvalue weighted by molar-refractivity contribution is 5.95. The van der Waals surface area contributed by atoms with E-state index in [1.807, 2.05) is 36.4 Å². The van der Waals surface area contributed by atoms with Crippen LogP contribution < -0.4 is 5.32 Å². The summed E-state index contributed by atoms with van der Waals surface area (Å²) in [4.78, 5) is 4.42. The standard InChI is InChI=1S/C23H23FN2O/c1-22(2)21-23(3,9-11-27-21)17-12-16(18(24)13-20(17)26-22)14-8-10-25-19-7-5-4-6-15(14)19/h4-8,10,12-13,21,26H,9,11H2,1-3H3. The first-order chi connectivity index (χ1) is 12.9. The zero-order valence-corrected chi connectivity index (χ0v) is 15.8. The van der Waals surface area contributed by atoms with Crippen LogP contribution in [0, 0.1) is 5.82 Å². The monoisotopic (exact) mass is 362 g/mol. The molecule has 2 aliphatic heterocycles. The Morgan fingerprint density at radius 2 is 1.93 bits per heavy atom. The quantitative estimate of drug-likeness (QED) is 0.638. The lowest BCUT2D eigenvalue weighted by Gasteiger charge is -2.48. The fraction of sp³-hybridized carbons (Fsp3) is 0.348. The first kappa shape index (κ1) is 16.7. The van der Waals surface area contributed by atoms with Crippen LogP contribution in [0.25, 0.3) is 22.0 Å². The Labute approximate surface area is 158 Å². The molecule has 2 atom stereocenters. The molecule has 1 fully saturated rings. The zero-order chi connectivity index (χ0) is 18.8. The molecule has 2 unspecified atom stereocenters. The molecule has 1 aromatic heterocycles. The van der Waals surface area contributed by atoms with Crippen molar-refractivity contribution in [1.82, 2.24) is 4.98 Å². The van der Waals surface area contributed by atoms with Gasteiger partial charge in [-0.05, 0) is 55.7 Å². The van der Waals surface area contributed by atoms with Crippen LogP contribution in [0.3, 0.4) is 0 Å². The van der Waals surface area contributed by atoms with Crippen LogP contribution in [0.5, 0.6) is 0 Å². The van der Waals surface area contributed by atoms with Crippen molar-refractivity contribution in [3.8, 4) is 11.1 Å². The zero-order valence-electron chi connectivity index (χ0n) is 15.8. The topological polar surface area (TPSA) is 34.2 Å². The first-order valence-electron chi connectivity index (χ1n) is 9.48. The molecular weight excluding hydrogens is 339 g/mol. The summed E-state index contributed by atoms with van der Waals surface area (Å²) in [6.07, 6.45) is 2.75. The maximum Gasteiger partial charge on any atom is 0.133 e. The van der Waals surface area contributed by atoms with Gasteiger partial charge in [0.1, 0.15) is 5.82 Å². The Balaban J connectivity index is 1.76. The van der Waals surface area contributed by atoms with Gasteiger partial charge >= 0.3 is 0 Å². The number of fused-ring (bicyclic) bond motifs is 4. The second-order valence-electron chi connectivity index (χ2n) is 8.52. The molecule has 2 aromatic carbocycles. The molecule has 0 aliphatic carbocycles. The summed E-state index contributed by atoms with van der Waals surface area (Å²) in [5, 5.41) is 4.48. The second-order valence-corrected chi connectivity index (χ2v) is 8.52. The number of halogens is 1. The number of nitrogens with zero attached hydrogens (tertiary/aromatic N) is 1. The van der Waals surface area contributed by atoms with Crippen LogP contribution in [0.4, 0.5) is 10.1 Å². The van der Waals surface area contributed by atoms with Gasteiger partial charge in [-0.15, -0.1) is 0 Å². The predicted molar refractivity (Wildman–Crippen MR) is 107 cm³/mol. The van der Waals surface area contributed by atoms with E-state index in [1.165, 1.54) is 0 Å². The lowest BCUT2D eigenvalue weighted by Crippen LogP contribution is -2.56. The summed E-state index contributed by atoms with van der Waals surface area (Å²) < 4.78 is 21.3. The average Bonchev–Trinajstić information content (AvgIpc) is 3.05. The van der Waals surface area contributed by atoms with E-state index in [0.717, 1.165) is 40.7 Å². The van der Waals surface area contributed by atoms with Crippen molar-refractivity contribution in [2.75, 3.05) is 11.9 Å². The molecular formula is C23H23FN2O. The van der Waals surface area contributed by atoms with E-state index in [4.69, 9.17) is 4.74 Å². The average molecular weight is 362 g/mol. The van der Waals surface area contributed by atoms with Crippen molar-refractivity contribution in [3.05, 3.63) is 60.0 Å². The van der Waals surface area contributed by atoms with Crippen molar-refractivity contribution in [3.63, 3.8) is 0 Å². The van der Waals surface area contributed by atoms with Gasteiger partial charge in [-0.1, -0.05) is 25.1 Å². The summed E-state index contributed by atoms with van der Waals surface area (Å²) in [6.45, 7) is 7.24. The number of hydrogen-bond acceptors (Lipinski definition) is 3. The number of para-hydroxylation sites is 1. The highest BCUT2D eigenvalue weighted by Gasteiger charge is 2.53. The minimum Gasteiger partial charge on any atom is -0.377 e. The molecule has 0 radical (unpaired) electrons. The molecule has 0 saturated carbocycles. The molecule has 4 heteroatoms. The smallest absolute Gasteiger partial charge is 0.133 e. The van der Waals surface area contributed by atoms with Gasteiger partial charge in [0.05, 0.1) is 17.2 Å². The van der Waals surface area contributed by atoms with Gasteiger partial charge in [0, 0.05) is 34.9 Å². The Morgan fingerprint density at radius 1 is 1.11 bits per heavy atom. The Kier molecular flexibility index (Phi) is 3.41. The van der Waals surface area contributed by atoms with Gasteiger partial charge in [0.25, 0.3) is 0 Å². The largest absolute Gasteiger partial charge is 0.377 e. The van der Waals surface area contributed by atoms with E-state index >= 15 is 4.39 Å². The Hall–Kier alpha value is -2.46. The second kappa shape index (κ2) is 5.52. The van der Waals surface area contributed by atoms with Crippen molar-refractivity contribution in [2.45, 2.75) is 44.2 Å². The normalized spacial score (nSPS) is 25.7. The number of aromatic nitrogens is 1. The van der Waals surface area contributed by atoms with Crippen molar-refractivity contribution in [2.24, 2.45) is 0 Å². The van der Waals surface area contributed by atoms with E-state index < -0.39 is 0 Å². The summed E-state index contributed by atoms with van der Waals surface area (Å²) >= 11 is 0. The molecule has 0 spiro atoms. The highest BCUT2D eigenvalue weighted by Crippen LogP contribution is 2.51. The first-order valence-corrected chi connectivity index (χ1v) is 9.48. The molecule has 1 N–H and O–H groups in total. The third-order valence-corrected chi connectivity index (χ3v) is 6.26. The summed E-state index contributed by atoms with van der Waals surface area (Å²) in [6, 6.07) is 13.5. The molecule has 0 amide bonds. The van der Waals surface area contributed by atoms with E-state index in [-0.39, 0.29) is 22.9 Å². The van der Waals surface area contributed by atoms with Gasteiger partial charge in [0.2, 0.25) is 0 Å². The molecule has 1 saturated heterocycles. The summed E-state index contributed by atoms with van der Waals surface area (Å²) in [5.74, 6) is -0.214. The molecule has 3 heterocycles. The van der Waals surface area contributed by atoms with Crippen LogP contribution in [0.1, 0.15) is 32.8 Å². The number of rotatable bonds is 1. The van der Waals surface area contributed by atoms with Gasteiger partial charge in [-0.25, -0.2) is 4.39 Å². The summed E-state index contributed by atoms with van der Waals surface area (Å²) in [7, 11) is 0. The van der Waals surface area contributed by atoms with Crippen LogP contribution >= 0.6 is 0 Å². The van der Waals surface area contributed by atoms with Gasteiger partial charge in [-0.3, -0.25) is 4.98 Å². The molecule has 27 heavy (non-hydrogen) atoms. The van der Waals surface area contributed by atoms with Crippen LogP contribution in [-0.4, -0.2) is 23.2 Å². The van der Waals surface area contributed by atoms with E-state index in [0.29, 0.717) is 5.56 Å². The van der Waals surface area contributed by atoms with Gasteiger partial charge in [0.15, 0.2) is 0 Å². The number of ether oxygens (including phenoxy) is 1. The highest BCUT2D eigenvalue weighted by atomic mass is 19.1. The van der Waals surface area contributed by atoms with Crippen molar-refractivity contribution in [1.29, 1.82) is 0 Å². The lowest BCUT2D eigenvalue weighted by molar-refractivity contribution is 0.0352. The SMILES string of the molecule is CC1(C)Nc2cc(F)c(-c3ccnc4ccccc34)cc2C2(C)CCOC12. The maximum atomic E-state index is 15.2. The Morgan fingerprint density at radius 3 is 2.78 bits per heavy atom. The molecule has 3 aromatic rings. The van der Waals surface area contributed by atoms with Crippen molar-refractivity contribution < 1.29 is 9.13 Å². The van der Waals surface area contributed by atoms with E-state index in [2.05, 4.69) is 31.1 Å². The molecule has 5 rings (SSSR count). The number of pyridine rings is 1. The minimum atomic E-state index is -0.241. The van der Waals surface area contributed by atoms with Gasteiger partial charge < -0.3 is 10.1 Å². The van der Waals surface area contributed by atoms with Crippen LogP contribution in [0.2, 0.25) is 0 Å². The summed E-state index contributed by atoms with van der Waals surface area (Å²) in [5.41, 5.74) is 4.03. The predicted octanol–water partition coefficient (Wildman–Crippen LogP) is 5.29. The van der Waals surface area contributed by atoms with Crippen LogP contribution in [0.15, 0.2) is 48.7 Å². The number of benzene rings is 2. The molecule has 138 valence electrons. The maximum absolute atomic E-state index is 15.2. The number of nitrogens with one attached hydrogen (secondary N) is 1. The number of hydrogen-bond donors (Lipinski definition) is 1. The fourth-order valence-corrected chi connectivity index (χ4v) is 5.08. The third-order valence-electron chi connectivity index (χ3n) is 6.26. The molecule has 2 aliphatic rings. The molecule has 0 bridgehead atoms. The fourth-order valence-electron chi connectivity index (χ4n) is 5.08. The molecule has 3 nitrogen and oxygen atoms in total. The minimum absolute atomic E-state index is 0.0602. The van der Waals surface area contributed by atoms with Crippen molar-refractivity contribution >= 4 is 16.6 Å². The number of anilines is 1. The van der Waals surface area contributed by atoms with Crippen LogP contribution in [-0.2, 0) is 10.2 Å². The van der Waals surface area contributed by atoms with E-state index in [1.54, 1.807) is 12.3 Å².